The highest BCUT2D eigenvalue weighted by Gasteiger charge is 2.13. The van der Waals surface area contributed by atoms with E-state index in [9.17, 15) is 9.59 Å². The second-order valence-corrected chi connectivity index (χ2v) is 3.64. The SMILES string of the molecule is O=C(NCCCn1ccnc1)NCC(O)C(=O)O. The first-order valence-corrected chi connectivity index (χ1v) is 5.48. The first kappa shape index (κ1) is 14.0. The number of carboxylic acid groups (broad SMARTS) is 1. The molecule has 1 heterocycles. The minimum absolute atomic E-state index is 0.317. The van der Waals surface area contributed by atoms with E-state index in [4.69, 9.17) is 10.2 Å². The number of carbonyl (C=O) groups is 2. The molecule has 0 aromatic carbocycles. The lowest BCUT2D eigenvalue weighted by Gasteiger charge is -2.09. The average Bonchev–Trinajstić information content (AvgIpc) is 2.84. The van der Waals surface area contributed by atoms with Crippen molar-refractivity contribution in [2.45, 2.75) is 19.1 Å². The summed E-state index contributed by atoms with van der Waals surface area (Å²) < 4.78 is 1.88. The van der Waals surface area contributed by atoms with Crippen molar-refractivity contribution in [2.24, 2.45) is 0 Å². The fraction of sp³-hybridized carbons (Fsp3) is 0.500. The first-order valence-electron chi connectivity index (χ1n) is 5.48. The summed E-state index contributed by atoms with van der Waals surface area (Å²) in [5.41, 5.74) is 0. The van der Waals surface area contributed by atoms with Crippen LogP contribution in [-0.4, -0.2) is 51.0 Å². The molecule has 4 N–H and O–H groups in total. The number of nitrogens with one attached hydrogen (secondary N) is 2. The van der Waals surface area contributed by atoms with Gasteiger partial charge in [-0.05, 0) is 6.42 Å². The number of imidazole rings is 1. The van der Waals surface area contributed by atoms with E-state index in [1.54, 1.807) is 12.5 Å². The molecule has 0 saturated heterocycles. The molecule has 8 heteroatoms. The Morgan fingerprint density at radius 2 is 2.17 bits per heavy atom. The van der Waals surface area contributed by atoms with E-state index in [1.165, 1.54) is 0 Å². The Bertz CT molecular complexity index is 379. The molecule has 0 aliphatic heterocycles. The molecule has 8 nitrogen and oxygen atoms in total. The predicted octanol–water partition coefficient (Wildman–Crippen LogP) is -0.982. The summed E-state index contributed by atoms with van der Waals surface area (Å²) in [7, 11) is 0. The number of aliphatic hydroxyl groups excluding tert-OH is 1. The van der Waals surface area contributed by atoms with Crippen molar-refractivity contribution in [2.75, 3.05) is 13.1 Å². The van der Waals surface area contributed by atoms with Crippen molar-refractivity contribution in [1.29, 1.82) is 0 Å². The van der Waals surface area contributed by atoms with Gasteiger partial charge in [0.2, 0.25) is 0 Å². The number of aliphatic hydroxyl groups is 1. The lowest BCUT2D eigenvalue weighted by atomic mass is 10.3. The van der Waals surface area contributed by atoms with Crippen LogP contribution in [0.15, 0.2) is 18.7 Å². The van der Waals surface area contributed by atoms with Gasteiger partial charge < -0.3 is 25.4 Å². The van der Waals surface area contributed by atoms with Crippen LogP contribution in [0.4, 0.5) is 4.79 Å². The third-order valence-electron chi connectivity index (χ3n) is 2.18. The monoisotopic (exact) mass is 256 g/mol. The number of aromatic nitrogens is 2. The van der Waals surface area contributed by atoms with E-state index in [-0.39, 0.29) is 6.54 Å². The van der Waals surface area contributed by atoms with E-state index < -0.39 is 18.1 Å². The minimum Gasteiger partial charge on any atom is -0.479 e. The summed E-state index contributed by atoms with van der Waals surface area (Å²) in [5.74, 6) is -1.37. The number of carboxylic acids is 1. The van der Waals surface area contributed by atoms with E-state index in [0.717, 1.165) is 13.0 Å². The van der Waals surface area contributed by atoms with Gasteiger partial charge in [0.1, 0.15) is 0 Å². The van der Waals surface area contributed by atoms with Gasteiger partial charge in [-0.25, -0.2) is 14.6 Å². The highest BCUT2D eigenvalue weighted by atomic mass is 16.4. The molecule has 1 atom stereocenters. The van der Waals surface area contributed by atoms with Crippen molar-refractivity contribution >= 4 is 12.0 Å². The largest absolute Gasteiger partial charge is 0.479 e. The number of aryl methyl sites for hydroxylation is 1. The first-order chi connectivity index (χ1) is 8.59. The summed E-state index contributed by atoms with van der Waals surface area (Å²) >= 11 is 0. The van der Waals surface area contributed by atoms with E-state index in [1.807, 2.05) is 10.8 Å². The molecular weight excluding hydrogens is 240 g/mol. The molecule has 0 aliphatic rings. The van der Waals surface area contributed by atoms with E-state index >= 15 is 0 Å². The van der Waals surface area contributed by atoms with Gasteiger partial charge in [0, 0.05) is 25.5 Å². The molecular formula is C10H16N4O4. The molecule has 0 saturated carbocycles. The third-order valence-corrected chi connectivity index (χ3v) is 2.18. The zero-order chi connectivity index (χ0) is 13.4. The van der Waals surface area contributed by atoms with Gasteiger partial charge in [-0.3, -0.25) is 0 Å². The van der Waals surface area contributed by atoms with Crippen molar-refractivity contribution in [1.82, 2.24) is 20.2 Å². The minimum atomic E-state index is -1.58. The zero-order valence-corrected chi connectivity index (χ0v) is 9.74. The maximum absolute atomic E-state index is 11.2. The second kappa shape index (κ2) is 7.28. The molecule has 0 aliphatic carbocycles. The summed E-state index contributed by atoms with van der Waals surface area (Å²) in [4.78, 5) is 25.3. The molecule has 0 spiro atoms. The number of hydrogen-bond donors (Lipinski definition) is 4. The van der Waals surface area contributed by atoms with Crippen LogP contribution in [0, 0.1) is 0 Å². The van der Waals surface area contributed by atoms with Crippen LogP contribution in [-0.2, 0) is 11.3 Å². The topological polar surface area (TPSA) is 116 Å². The van der Waals surface area contributed by atoms with Gasteiger partial charge in [-0.2, -0.15) is 0 Å². The van der Waals surface area contributed by atoms with Crippen molar-refractivity contribution < 1.29 is 19.8 Å². The fourth-order valence-corrected chi connectivity index (χ4v) is 1.22. The maximum atomic E-state index is 11.2. The van der Waals surface area contributed by atoms with Gasteiger partial charge in [0.15, 0.2) is 6.10 Å². The van der Waals surface area contributed by atoms with Crippen LogP contribution in [0.5, 0.6) is 0 Å². The van der Waals surface area contributed by atoms with Crippen LogP contribution in [0.25, 0.3) is 0 Å². The highest BCUT2D eigenvalue weighted by molar-refractivity contribution is 5.76. The lowest BCUT2D eigenvalue weighted by Crippen LogP contribution is -2.42. The number of rotatable bonds is 7. The molecule has 0 bridgehead atoms. The van der Waals surface area contributed by atoms with Crippen LogP contribution in [0.1, 0.15) is 6.42 Å². The Labute approximate surface area is 104 Å². The summed E-state index contributed by atoms with van der Waals surface area (Å²) in [6.07, 6.45) is 4.33. The zero-order valence-electron chi connectivity index (χ0n) is 9.74. The Hall–Kier alpha value is -2.09. The Kier molecular flexibility index (Phi) is 5.65. The van der Waals surface area contributed by atoms with Crippen molar-refractivity contribution in [3.63, 3.8) is 0 Å². The quantitative estimate of drug-likeness (QED) is 0.468. The number of nitrogens with zero attached hydrogens (tertiary/aromatic N) is 2. The summed E-state index contributed by atoms with van der Waals surface area (Å²) in [6, 6.07) is -0.499. The smallest absolute Gasteiger partial charge is 0.334 e. The lowest BCUT2D eigenvalue weighted by molar-refractivity contribution is -0.146. The van der Waals surface area contributed by atoms with Gasteiger partial charge in [0.05, 0.1) is 12.9 Å². The van der Waals surface area contributed by atoms with Gasteiger partial charge in [-0.15, -0.1) is 0 Å². The number of hydrogen-bond acceptors (Lipinski definition) is 4. The van der Waals surface area contributed by atoms with E-state index in [0.29, 0.717) is 6.54 Å². The number of urea groups is 1. The van der Waals surface area contributed by atoms with Crippen LogP contribution in [0.2, 0.25) is 0 Å². The number of aliphatic carboxylic acids is 1. The number of carbonyl (C=O) groups excluding carboxylic acids is 1. The van der Waals surface area contributed by atoms with Gasteiger partial charge in [0.25, 0.3) is 0 Å². The molecule has 1 aromatic rings. The molecule has 1 aromatic heterocycles. The summed E-state index contributed by atoms with van der Waals surface area (Å²) in [5, 5.41) is 22.1. The van der Waals surface area contributed by atoms with Crippen molar-refractivity contribution in [3.05, 3.63) is 18.7 Å². The van der Waals surface area contributed by atoms with Crippen LogP contribution < -0.4 is 10.6 Å². The molecule has 2 amide bonds. The normalized spacial score (nSPS) is 11.8. The number of amides is 2. The Morgan fingerprint density at radius 3 is 2.78 bits per heavy atom. The van der Waals surface area contributed by atoms with Gasteiger partial charge >= 0.3 is 12.0 Å². The fourth-order valence-electron chi connectivity index (χ4n) is 1.22. The Morgan fingerprint density at radius 1 is 1.39 bits per heavy atom. The standard InChI is InChI=1S/C10H16N4O4/c15-8(9(16)17)6-13-10(18)12-2-1-4-14-5-3-11-7-14/h3,5,7-8,15H,1-2,4,6H2,(H,16,17)(H2,12,13,18). The van der Waals surface area contributed by atoms with Crippen LogP contribution in [0.3, 0.4) is 0 Å². The molecule has 100 valence electrons. The van der Waals surface area contributed by atoms with Crippen molar-refractivity contribution in [3.8, 4) is 0 Å². The van der Waals surface area contributed by atoms with E-state index in [2.05, 4.69) is 15.6 Å². The highest BCUT2D eigenvalue weighted by Crippen LogP contribution is 1.89. The average molecular weight is 256 g/mol. The Balaban J connectivity index is 2.05. The second-order valence-electron chi connectivity index (χ2n) is 3.64. The summed E-state index contributed by atoms with van der Waals surface area (Å²) in [6.45, 7) is 0.869. The van der Waals surface area contributed by atoms with Gasteiger partial charge in [-0.1, -0.05) is 0 Å². The predicted molar refractivity (Wildman–Crippen MR) is 61.9 cm³/mol. The molecule has 1 rings (SSSR count). The molecule has 0 radical (unpaired) electrons. The molecule has 1 unspecified atom stereocenters. The molecule has 0 fully saturated rings. The van der Waals surface area contributed by atoms with Crippen LogP contribution >= 0.6 is 0 Å². The maximum Gasteiger partial charge on any atom is 0.334 e. The molecule has 18 heavy (non-hydrogen) atoms. The third kappa shape index (κ3) is 5.30.